The summed E-state index contributed by atoms with van der Waals surface area (Å²) in [5.74, 6) is -0.914. The second-order valence-electron chi connectivity index (χ2n) is 5.01. The molecule has 1 atom stereocenters. The SMILES string of the molecule is CC.CC(=O)OC(OC(=O)C(C)(C)C)c1ccccc1. The Morgan fingerprint density at radius 1 is 1.00 bits per heavy atom. The van der Waals surface area contributed by atoms with Gasteiger partial charge in [0.1, 0.15) is 0 Å². The van der Waals surface area contributed by atoms with Crippen LogP contribution in [0.3, 0.4) is 0 Å². The van der Waals surface area contributed by atoms with Gasteiger partial charge in [-0.25, -0.2) is 0 Å². The van der Waals surface area contributed by atoms with Crippen molar-refractivity contribution in [2.45, 2.75) is 47.8 Å². The van der Waals surface area contributed by atoms with E-state index in [1.807, 2.05) is 19.9 Å². The van der Waals surface area contributed by atoms with Crippen molar-refractivity contribution in [3.8, 4) is 0 Å². The number of hydrogen-bond donors (Lipinski definition) is 0. The van der Waals surface area contributed by atoms with Gasteiger partial charge in [0.15, 0.2) is 0 Å². The number of benzene rings is 1. The summed E-state index contributed by atoms with van der Waals surface area (Å²) in [6, 6.07) is 8.89. The van der Waals surface area contributed by atoms with Crippen LogP contribution < -0.4 is 0 Å². The minimum atomic E-state index is -0.990. The molecule has 0 aromatic heterocycles. The third kappa shape index (κ3) is 6.36. The zero-order chi connectivity index (χ0) is 15.8. The molecule has 0 aliphatic rings. The van der Waals surface area contributed by atoms with Crippen molar-refractivity contribution in [2.75, 3.05) is 0 Å². The van der Waals surface area contributed by atoms with Crippen molar-refractivity contribution >= 4 is 11.9 Å². The van der Waals surface area contributed by atoms with Crippen LogP contribution in [0, 0.1) is 5.41 Å². The fraction of sp³-hybridized carbons (Fsp3) is 0.500. The molecule has 0 saturated heterocycles. The first-order valence-electron chi connectivity index (χ1n) is 6.74. The number of carbonyl (C=O) groups excluding carboxylic acids is 2. The van der Waals surface area contributed by atoms with E-state index in [-0.39, 0.29) is 0 Å². The molecule has 0 saturated carbocycles. The van der Waals surface area contributed by atoms with Crippen LogP contribution in [-0.2, 0) is 19.1 Å². The third-order valence-electron chi connectivity index (χ3n) is 2.17. The molecule has 0 radical (unpaired) electrons. The van der Waals surface area contributed by atoms with Gasteiger partial charge < -0.3 is 9.47 Å². The predicted octanol–water partition coefficient (Wildman–Crippen LogP) is 3.86. The number of esters is 2. The first-order chi connectivity index (χ1) is 9.30. The van der Waals surface area contributed by atoms with Crippen LogP contribution in [0.2, 0.25) is 0 Å². The first-order valence-corrected chi connectivity index (χ1v) is 6.74. The molecule has 0 N–H and O–H groups in total. The largest absolute Gasteiger partial charge is 0.421 e. The Kier molecular flexibility index (Phi) is 7.59. The van der Waals surface area contributed by atoms with Gasteiger partial charge in [-0.15, -0.1) is 0 Å². The van der Waals surface area contributed by atoms with Crippen LogP contribution in [0.15, 0.2) is 30.3 Å². The van der Waals surface area contributed by atoms with Gasteiger partial charge in [-0.2, -0.15) is 0 Å². The van der Waals surface area contributed by atoms with Crippen molar-refractivity contribution in [1.82, 2.24) is 0 Å². The second kappa shape index (κ2) is 8.35. The Labute approximate surface area is 121 Å². The molecule has 1 unspecified atom stereocenters. The topological polar surface area (TPSA) is 52.6 Å². The van der Waals surface area contributed by atoms with Crippen LogP contribution in [0.1, 0.15) is 53.4 Å². The summed E-state index contributed by atoms with van der Waals surface area (Å²) >= 11 is 0. The molecule has 0 aliphatic heterocycles. The predicted molar refractivity (Wildman–Crippen MR) is 77.8 cm³/mol. The first kappa shape index (κ1) is 18.2. The maximum atomic E-state index is 11.8. The molecule has 0 aliphatic carbocycles. The average molecular weight is 280 g/mol. The molecule has 0 spiro atoms. The summed E-state index contributed by atoms with van der Waals surface area (Å²) in [4.78, 5) is 22.9. The van der Waals surface area contributed by atoms with Gasteiger partial charge in [-0.3, -0.25) is 9.59 Å². The highest BCUT2D eigenvalue weighted by molar-refractivity contribution is 5.76. The number of carbonyl (C=O) groups is 2. The maximum absolute atomic E-state index is 11.8. The molecule has 112 valence electrons. The Balaban J connectivity index is 0.00000172. The minimum Gasteiger partial charge on any atom is -0.421 e. The van der Waals surface area contributed by atoms with E-state index in [2.05, 4.69) is 0 Å². The molecule has 1 rings (SSSR count). The molecular weight excluding hydrogens is 256 g/mol. The smallest absolute Gasteiger partial charge is 0.314 e. The molecule has 0 amide bonds. The van der Waals surface area contributed by atoms with Gasteiger partial charge in [0, 0.05) is 12.5 Å². The maximum Gasteiger partial charge on any atom is 0.314 e. The summed E-state index contributed by atoms with van der Waals surface area (Å²) in [6.45, 7) is 10.5. The molecule has 4 nitrogen and oxygen atoms in total. The van der Waals surface area contributed by atoms with Crippen molar-refractivity contribution in [1.29, 1.82) is 0 Å². The van der Waals surface area contributed by atoms with Gasteiger partial charge in [0.2, 0.25) is 0 Å². The highest BCUT2D eigenvalue weighted by Crippen LogP contribution is 2.24. The quantitative estimate of drug-likeness (QED) is 0.623. The molecule has 1 aromatic rings. The fourth-order valence-corrected chi connectivity index (χ4v) is 1.20. The fourth-order valence-electron chi connectivity index (χ4n) is 1.20. The van der Waals surface area contributed by atoms with E-state index >= 15 is 0 Å². The lowest BCUT2D eigenvalue weighted by Gasteiger charge is -2.23. The van der Waals surface area contributed by atoms with Crippen molar-refractivity contribution < 1.29 is 19.1 Å². The lowest BCUT2D eigenvalue weighted by molar-refractivity contribution is -0.194. The van der Waals surface area contributed by atoms with Gasteiger partial charge >= 0.3 is 11.9 Å². The highest BCUT2D eigenvalue weighted by atomic mass is 16.7. The van der Waals surface area contributed by atoms with Crippen LogP contribution in [-0.4, -0.2) is 11.9 Å². The monoisotopic (exact) mass is 280 g/mol. The zero-order valence-electron chi connectivity index (χ0n) is 13.1. The van der Waals surface area contributed by atoms with Gasteiger partial charge in [-0.05, 0) is 20.8 Å². The minimum absolute atomic E-state index is 0.419. The second-order valence-corrected chi connectivity index (χ2v) is 5.01. The Hall–Kier alpha value is -1.84. The molecule has 1 aromatic carbocycles. The zero-order valence-corrected chi connectivity index (χ0v) is 13.1. The lowest BCUT2D eigenvalue weighted by atomic mass is 9.97. The van der Waals surface area contributed by atoms with Gasteiger partial charge in [-0.1, -0.05) is 44.2 Å². The van der Waals surface area contributed by atoms with Crippen LogP contribution in [0.25, 0.3) is 0 Å². The molecule has 0 fully saturated rings. The summed E-state index contributed by atoms with van der Waals surface area (Å²) in [5, 5.41) is 0. The van der Waals surface area contributed by atoms with E-state index in [1.54, 1.807) is 45.0 Å². The Bertz CT molecular complexity index is 418. The Morgan fingerprint density at radius 2 is 1.50 bits per heavy atom. The van der Waals surface area contributed by atoms with E-state index in [4.69, 9.17) is 9.47 Å². The van der Waals surface area contributed by atoms with E-state index in [9.17, 15) is 9.59 Å². The van der Waals surface area contributed by atoms with E-state index in [1.165, 1.54) is 6.92 Å². The molecular formula is C16H24O4. The number of ether oxygens (including phenoxy) is 2. The number of hydrogen-bond acceptors (Lipinski definition) is 4. The summed E-state index contributed by atoms with van der Waals surface area (Å²) < 4.78 is 10.3. The normalized spacial score (nSPS) is 11.7. The third-order valence-corrected chi connectivity index (χ3v) is 2.17. The van der Waals surface area contributed by atoms with E-state index in [0.717, 1.165) is 0 Å². The van der Waals surface area contributed by atoms with Crippen LogP contribution >= 0.6 is 0 Å². The van der Waals surface area contributed by atoms with E-state index < -0.39 is 23.6 Å². The van der Waals surface area contributed by atoms with Crippen molar-refractivity contribution in [3.05, 3.63) is 35.9 Å². The summed E-state index contributed by atoms with van der Waals surface area (Å²) in [6.07, 6.45) is -0.990. The van der Waals surface area contributed by atoms with Crippen molar-refractivity contribution in [2.24, 2.45) is 5.41 Å². The highest BCUT2D eigenvalue weighted by Gasteiger charge is 2.28. The number of rotatable bonds is 3. The van der Waals surface area contributed by atoms with Gasteiger partial charge in [0.05, 0.1) is 5.41 Å². The Morgan fingerprint density at radius 3 is 1.90 bits per heavy atom. The summed E-state index contributed by atoms with van der Waals surface area (Å²) in [5.41, 5.74) is -0.0157. The lowest BCUT2D eigenvalue weighted by Crippen LogP contribution is -2.26. The molecule has 0 heterocycles. The summed E-state index contributed by atoms with van der Waals surface area (Å²) in [7, 11) is 0. The van der Waals surface area contributed by atoms with Crippen LogP contribution in [0.5, 0.6) is 0 Å². The van der Waals surface area contributed by atoms with Crippen molar-refractivity contribution in [3.63, 3.8) is 0 Å². The van der Waals surface area contributed by atoms with Gasteiger partial charge in [0.25, 0.3) is 6.29 Å². The molecule has 0 bridgehead atoms. The standard InChI is InChI=1S/C14H18O4.C2H6/c1-10(15)17-12(11-8-6-5-7-9-11)18-13(16)14(2,3)4;1-2/h5-9,12H,1-4H3;1-2H3. The van der Waals surface area contributed by atoms with Crippen LogP contribution in [0.4, 0.5) is 0 Å². The molecule has 4 heteroatoms. The average Bonchev–Trinajstić information content (AvgIpc) is 2.39. The molecule has 20 heavy (non-hydrogen) atoms. The van der Waals surface area contributed by atoms with E-state index in [0.29, 0.717) is 5.56 Å².